The van der Waals surface area contributed by atoms with Crippen LogP contribution in [0.25, 0.3) is 0 Å². The zero-order chi connectivity index (χ0) is 73.6. The van der Waals surface area contributed by atoms with Crippen molar-refractivity contribution in [3.8, 4) is 0 Å². The number of hydrogen-bond donors (Lipinski definition) is 7. The number of hydrogen-bond acceptors (Lipinski definition) is 11. The Morgan fingerprint density at radius 3 is 0.806 bits per heavy atom. The van der Waals surface area contributed by atoms with E-state index in [-0.39, 0.29) is 32.3 Å². The lowest BCUT2D eigenvalue weighted by Gasteiger charge is -2.34. The monoisotopic (exact) mass is 1370 g/mol. The predicted octanol–water partition coefficient (Wildman–Crippen LogP) is 20.6. The molecule has 530 valence electrons. The largest absolute Gasteiger partial charge is 0.396 e. The molecule has 7 N–H and O–H groups in total. The quantitative estimate of drug-likeness (QED) is 0.0347. The van der Waals surface area contributed by atoms with E-state index in [4.69, 9.17) is 10.2 Å². The third-order valence-electron chi connectivity index (χ3n) is 17.9. The van der Waals surface area contributed by atoms with E-state index < -0.39 is 17.3 Å². The van der Waals surface area contributed by atoms with Gasteiger partial charge in [-0.15, -0.1) is 0 Å². The van der Waals surface area contributed by atoms with E-state index >= 15 is 0 Å². The number of aliphatic hydroxyl groups excluding tert-OH is 5. The molecular formula is C92H100N4O7. The summed E-state index contributed by atoms with van der Waals surface area (Å²) in [7, 11) is 0. The first kappa shape index (κ1) is 76.7. The molecule has 0 spiro atoms. The number of para-hydroxylation sites is 3. The number of rotatable bonds is 22. The first-order valence-electron chi connectivity index (χ1n) is 35.2. The lowest BCUT2D eigenvalue weighted by atomic mass is 9.92. The molecule has 0 aromatic heterocycles. The van der Waals surface area contributed by atoms with E-state index in [1.54, 1.807) is 27.7 Å². The third kappa shape index (κ3) is 21.1. The van der Waals surface area contributed by atoms with Crippen molar-refractivity contribution in [2.24, 2.45) is 5.92 Å². The van der Waals surface area contributed by atoms with Gasteiger partial charge in [-0.05, 0) is 232 Å². The minimum atomic E-state index is -1.01. The molecule has 12 rings (SSSR count). The number of benzene rings is 12. The van der Waals surface area contributed by atoms with Crippen molar-refractivity contribution >= 4 is 68.2 Å². The SMILES string of the molecule is CC(C)(O)c1ccccc1N(c1ccccc1)c1ccccc1C(C)(C)O.Cc1ccc(N(c2ccc(C)cc2)c2ccc(C(O)CO)cc2)cc1.Cc1ccc(N(c2ccc(C)cc2)c2ccc(CC(CO)CO)cc2)cc1.Cc1ccc(N(c2ccc(C)cc2)c2ccc(CCO)cc2)cc1. The Balaban J connectivity index is 0.000000160. The molecule has 12 aromatic rings. The van der Waals surface area contributed by atoms with Crippen LogP contribution in [0, 0.1) is 47.5 Å². The van der Waals surface area contributed by atoms with Crippen molar-refractivity contribution in [2.75, 3.05) is 46.0 Å². The Labute approximate surface area is 610 Å². The van der Waals surface area contributed by atoms with Crippen LogP contribution in [0.4, 0.5) is 68.2 Å². The molecule has 1 unspecified atom stereocenters. The second kappa shape index (κ2) is 36.4. The minimum absolute atomic E-state index is 0.00287. The van der Waals surface area contributed by atoms with E-state index in [0.29, 0.717) is 18.4 Å². The molecule has 0 heterocycles. The summed E-state index contributed by atoms with van der Waals surface area (Å²) >= 11 is 0. The van der Waals surface area contributed by atoms with Gasteiger partial charge in [-0.3, -0.25) is 0 Å². The minimum Gasteiger partial charge on any atom is -0.396 e. The fourth-order valence-electron chi connectivity index (χ4n) is 12.1. The van der Waals surface area contributed by atoms with E-state index in [1.807, 2.05) is 103 Å². The first-order valence-corrected chi connectivity index (χ1v) is 35.2. The van der Waals surface area contributed by atoms with Gasteiger partial charge in [0.05, 0.1) is 29.2 Å². The summed E-state index contributed by atoms with van der Waals surface area (Å²) in [6, 6.07) is 101. The summed E-state index contributed by atoms with van der Waals surface area (Å²) < 4.78 is 0. The van der Waals surface area contributed by atoms with E-state index in [1.165, 1.54) is 33.4 Å². The van der Waals surface area contributed by atoms with Gasteiger partial charge in [0.1, 0.15) is 6.10 Å². The van der Waals surface area contributed by atoms with E-state index in [2.05, 4.69) is 255 Å². The smallest absolute Gasteiger partial charge is 0.102 e. The normalized spacial score (nSPS) is 11.4. The van der Waals surface area contributed by atoms with Crippen LogP contribution in [0.1, 0.15) is 95.0 Å². The van der Waals surface area contributed by atoms with Crippen molar-refractivity contribution in [1.82, 2.24) is 0 Å². The zero-order valence-electron chi connectivity index (χ0n) is 61.1. The first-order chi connectivity index (χ1) is 49.5. The highest BCUT2D eigenvalue weighted by atomic mass is 16.3. The zero-order valence-corrected chi connectivity index (χ0v) is 61.1. The molecule has 0 aliphatic heterocycles. The second-order valence-corrected chi connectivity index (χ2v) is 27.4. The molecule has 1 atom stereocenters. The van der Waals surface area contributed by atoms with Gasteiger partial charge in [-0.1, -0.05) is 197 Å². The molecule has 0 saturated carbocycles. The predicted molar refractivity (Wildman–Crippen MR) is 428 cm³/mol. The van der Waals surface area contributed by atoms with Gasteiger partial charge in [0.15, 0.2) is 0 Å². The average Bonchev–Trinajstić information content (AvgIpc) is 0.798. The molecule has 0 aliphatic carbocycles. The van der Waals surface area contributed by atoms with Gasteiger partial charge in [-0.25, -0.2) is 0 Å². The number of nitrogens with zero attached hydrogens (tertiary/aromatic N) is 4. The van der Waals surface area contributed by atoms with Crippen LogP contribution in [-0.2, 0) is 24.0 Å². The summed E-state index contributed by atoms with van der Waals surface area (Å²) in [4.78, 5) is 8.76. The van der Waals surface area contributed by atoms with Crippen molar-refractivity contribution in [2.45, 2.75) is 99.4 Å². The standard InChI is InChI=1S/2C24H27NO2.C22H23NO2.C22H23NO/c1-18-3-9-22(10-4-18)25(23-11-5-19(2)6-12-23)24-13-7-20(8-14-24)15-21(16-26)17-27;1-23(2,26)19-14-8-10-16-21(19)25(18-12-6-5-7-13-18)22-17-11-9-15-20(22)24(3,4)27;1-16-3-9-19(10-4-16)23(20-11-5-17(2)6-12-20)21-13-7-18(8-14-21)22(25)15-24;1-17-3-9-20(10-4-17)23(21-11-5-18(2)6-12-21)22-13-7-19(8-14-22)15-16-24/h3-14,21,26-27H,15-17H2,1-2H3;5-17,26-27H,1-4H3;3-14,22,24-25H,15H2,1-2H3;3-14,24H,15-16H2,1-2H3. The maximum atomic E-state index is 10.8. The van der Waals surface area contributed by atoms with Gasteiger partial charge < -0.3 is 55.3 Å². The number of aryl methyl sites for hydroxylation is 6. The summed E-state index contributed by atoms with van der Waals surface area (Å²) in [6.07, 6.45) is 0.513. The van der Waals surface area contributed by atoms with E-state index in [0.717, 1.165) is 90.5 Å². The fraction of sp³-hybridized carbons (Fsp3) is 0.217. The van der Waals surface area contributed by atoms with Crippen LogP contribution < -0.4 is 19.6 Å². The van der Waals surface area contributed by atoms with Gasteiger partial charge in [0.25, 0.3) is 0 Å². The Morgan fingerprint density at radius 1 is 0.282 bits per heavy atom. The van der Waals surface area contributed by atoms with Crippen molar-refractivity contribution in [1.29, 1.82) is 0 Å². The maximum absolute atomic E-state index is 10.8. The topological polar surface area (TPSA) is 155 Å². The molecule has 11 nitrogen and oxygen atoms in total. The molecule has 11 heteroatoms. The highest BCUT2D eigenvalue weighted by Crippen LogP contribution is 2.44. The summed E-state index contributed by atoms with van der Waals surface area (Å²) in [5.74, 6) is -0.110. The summed E-state index contributed by atoms with van der Waals surface area (Å²) in [6.45, 7) is 19.6. The maximum Gasteiger partial charge on any atom is 0.102 e. The van der Waals surface area contributed by atoms with Crippen molar-refractivity contribution in [3.63, 3.8) is 0 Å². The Morgan fingerprint density at radius 2 is 0.534 bits per heavy atom. The number of aliphatic hydroxyl groups is 7. The van der Waals surface area contributed by atoms with Gasteiger partial charge in [-0.2, -0.15) is 0 Å². The van der Waals surface area contributed by atoms with Gasteiger partial charge in [0, 0.05) is 93.7 Å². The number of anilines is 12. The van der Waals surface area contributed by atoms with Crippen LogP contribution in [0.2, 0.25) is 0 Å². The summed E-state index contributed by atoms with van der Waals surface area (Å²) in [5.41, 5.74) is 22.6. The van der Waals surface area contributed by atoms with Gasteiger partial charge >= 0.3 is 0 Å². The average molecular weight is 1370 g/mol. The van der Waals surface area contributed by atoms with Crippen LogP contribution >= 0.6 is 0 Å². The van der Waals surface area contributed by atoms with Crippen LogP contribution in [0.15, 0.2) is 297 Å². The second-order valence-electron chi connectivity index (χ2n) is 27.4. The lowest BCUT2D eigenvalue weighted by molar-refractivity contribution is 0.0789. The van der Waals surface area contributed by atoms with E-state index in [9.17, 15) is 25.5 Å². The van der Waals surface area contributed by atoms with Crippen LogP contribution in [-0.4, -0.2) is 62.2 Å². The van der Waals surface area contributed by atoms with Crippen LogP contribution in [0.5, 0.6) is 0 Å². The van der Waals surface area contributed by atoms with Crippen molar-refractivity contribution < 1.29 is 35.7 Å². The highest BCUT2D eigenvalue weighted by molar-refractivity contribution is 5.82. The van der Waals surface area contributed by atoms with Gasteiger partial charge in [0.2, 0.25) is 0 Å². The molecular weight excluding hydrogens is 1270 g/mol. The lowest BCUT2D eigenvalue weighted by Crippen LogP contribution is -2.24. The molecule has 0 aliphatic rings. The Bertz CT molecular complexity index is 4300. The Kier molecular flexibility index (Phi) is 27.1. The molecule has 0 fully saturated rings. The van der Waals surface area contributed by atoms with Crippen molar-refractivity contribution in [3.05, 3.63) is 358 Å². The molecule has 0 radical (unpaired) electrons. The van der Waals surface area contributed by atoms with Crippen LogP contribution in [0.3, 0.4) is 0 Å². The molecule has 0 amide bonds. The Hall–Kier alpha value is -10.4. The molecule has 12 aromatic carbocycles. The highest BCUT2D eigenvalue weighted by Gasteiger charge is 2.29. The molecule has 0 saturated heterocycles. The third-order valence-corrected chi connectivity index (χ3v) is 17.9. The molecule has 103 heavy (non-hydrogen) atoms. The summed E-state index contributed by atoms with van der Waals surface area (Å²) in [5, 5.41) is 68.1. The fourth-order valence-corrected chi connectivity index (χ4v) is 12.1. The molecule has 0 bridgehead atoms.